The van der Waals surface area contributed by atoms with Crippen LogP contribution in [0.5, 0.6) is 0 Å². The molecule has 30 heavy (non-hydrogen) atoms. The van der Waals surface area contributed by atoms with Crippen LogP contribution in [0.2, 0.25) is 0 Å². The standard InChI is InChI=1S/C23H20F2N4O/c24-20-8-15(5-6-16(20)11-26)14-3-1-13(2-4-14)7-18(12-27)29-23(30)22-19-9-17(28-22)10-21(19)25/h1-6,8,17-19,21-22,28H,7,9-10H2,(H,29,30)/t17-,18-,19+,21-,22-/m0/s1. The zero-order valence-electron chi connectivity index (χ0n) is 16.1. The second kappa shape index (κ2) is 8.22. The first-order chi connectivity index (χ1) is 14.5. The smallest absolute Gasteiger partial charge is 0.238 e. The molecule has 1 heterocycles. The van der Waals surface area contributed by atoms with Gasteiger partial charge in [-0.25, -0.2) is 8.78 Å². The van der Waals surface area contributed by atoms with E-state index in [1.54, 1.807) is 24.3 Å². The normalized spacial score (nSPS) is 25.3. The fraction of sp³-hybridized carbons (Fsp3) is 0.348. The molecule has 1 aliphatic carbocycles. The second-order valence-corrected chi connectivity index (χ2v) is 7.89. The minimum Gasteiger partial charge on any atom is -0.339 e. The summed E-state index contributed by atoms with van der Waals surface area (Å²) >= 11 is 0. The molecule has 7 heteroatoms. The Hall–Kier alpha value is -3.29. The van der Waals surface area contributed by atoms with E-state index in [0.29, 0.717) is 24.8 Å². The molecule has 1 saturated heterocycles. The lowest BCUT2D eigenvalue weighted by Crippen LogP contribution is -2.52. The van der Waals surface area contributed by atoms with E-state index < -0.39 is 24.1 Å². The fourth-order valence-corrected chi connectivity index (χ4v) is 4.39. The van der Waals surface area contributed by atoms with E-state index in [-0.39, 0.29) is 23.4 Å². The Bertz CT molecular complexity index is 1040. The highest BCUT2D eigenvalue weighted by atomic mass is 19.1. The molecule has 0 aromatic heterocycles. The van der Waals surface area contributed by atoms with E-state index in [1.807, 2.05) is 12.1 Å². The first-order valence-electron chi connectivity index (χ1n) is 9.87. The first kappa shape index (κ1) is 20.0. The van der Waals surface area contributed by atoms with Crippen molar-refractivity contribution in [1.29, 1.82) is 10.5 Å². The van der Waals surface area contributed by atoms with E-state index in [1.165, 1.54) is 12.1 Å². The number of nitrogens with one attached hydrogen (secondary N) is 2. The molecule has 4 rings (SSSR count). The number of alkyl halides is 1. The molecule has 1 aliphatic heterocycles. The molecule has 2 fully saturated rings. The van der Waals surface area contributed by atoms with Crippen molar-refractivity contribution in [2.24, 2.45) is 5.92 Å². The number of fused-ring (bicyclic) bond motifs is 2. The molecule has 2 aromatic carbocycles. The van der Waals surface area contributed by atoms with Crippen molar-refractivity contribution in [3.05, 3.63) is 59.4 Å². The number of benzene rings is 2. The van der Waals surface area contributed by atoms with Gasteiger partial charge in [0.1, 0.15) is 24.1 Å². The van der Waals surface area contributed by atoms with Crippen molar-refractivity contribution in [3.63, 3.8) is 0 Å². The van der Waals surface area contributed by atoms with Crippen LogP contribution in [0.3, 0.4) is 0 Å². The minimum absolute atomic E-state index is 0.00738. The van der Waals surface area contributed by atoms with Crippen molar-refractivity contribution in [2.75, 3.05) is 0 Å². The zero-order valence-corrected chi connectivity index (χ0v) is 16.1. The molecule has 2 aromatic rings. The van der Waals surface area contributed by atoms with E-state index in [4.69, 9.17) is 5.26 Å². The Labute approximate surface area is 173 Å². The Morgan fingerprint density at radius 3 is 2.50 bits per heavy atom. The molecule has 1 saturated carbocycles. The summed E-state index contributed by atoms with van der Waals surface area (Å²) in [4.78, 5) is 12.5. The van der Waals surface area contributed by atoms with Crippen molar-refractivity contribution >= 4 is 5.91 Å². The number of piperidine rings is 1. The number of amides is 1. The average molecular weight is 406 g/mol. The predicted molar refractivity (Wildman–Crippen MR) is 106 cm³/mol. The number of halogens is 2. The van der Waals surface area contributed by atoms with Crippen molar-refractivity contribution in [1.82, 2.24) is 10.6 Å². The van der Waals surface area contributed by atoms with E-state index in [0.717, 1.165) is 11.1 Å². The van der Waals surface area contributed by atoms with Gasteiger partial charge < -0.3 is 10.6 Å². The molecule has 0 unspecified atom stereocenters. The van der Waals surface area contributed by atoms with Crippen LogP contribution >= 0.6 is 0 Å². The van der Waals surface area contributed by atoms with Crippen LogP contribution in [0.4, 0.5) is 8.78 Å². The van der Waals surface area contributed by atoms with Gasteiger partial charge in [-0.15, -0.1) is 0 Å². The molecule has 5 nitrogen and oxygen atoms in total. The molecule has 2 N–H and O–H groups in total. The summed E-state index contributed by atoms with van der Waals surface area (Å²) in [6.07, 6.45) is 0.455. The van der Waals surface area contributed by atoms with Gasteiger partial charge in [-0.05, 0) is 41.7 Å². The van der Waals surface area contributed by atoms with Gasteiger partial charge in [0.25, 0.3) is 0 Å². The molecule has 0 radical (unpaired) electrons. The number of carbonyl (C=O) groups is 1. The predicted octanol–water partition coefficient (Wildman–Crippen LogP) is 3.00. The van der Waals surface area contributed by atoms with Crippen LogP contribution < -0.4 is 10.6 Å². The Kier molecular flexibility index (Phi) is 5.48. The molecule has 5 atom stereocenters. The maximum absolute atomic E-state index is 13.9. The first-order valence-corrected chi connectivity index (χ1v) is 9.87. The van der Waals surface area contributed by atoms with E-state index in [9.17, 15) is 18.8 Å². The van der Waals surface area contributed by atoms with Crippen LogP contribution in [0.1, 0.15) is 24.0 Å². The zero-order chi connectivity index (χ0) is 21.3. The fourth-order valence-electron chi connectivity index (χ4n) is 4.39. The van der Waals surface area contributed by atoms with Gasteiger partial charge in [0.05, 0.1) is 17.7 Å². The quantitative estimate of drug-likeness (QED) is 0.799. The van der Waals surface area contributed by atoms with Gasteiger partial charge in [0.2, 0.25) is 5.91 Å². The molecule has 2 aliphatic rings. The van der Waals surface area contributed by atoms with Crippen LogP contribution in [0.15, 0.2) is 42.5 Å². The van der Waals surface area contributed by atoms with E-state index in [2.05, 4.69) is 16.7 Å². The number of nitrogens with zero attached hydrogens (tertiary/aromatic N) is 2. The van der Waals surface area contributed by atoms with Crippen LogP contribution in [0, 0.1) is 34.4 Å². The van der Waals surface area contributed by atoms with Gasteiger partial charge in [-0.1, -0.05) is 30.3 Å². The third-order valence-electron chi connectivity index (χ3n) is 5.95. The lowest BCUT2D eigenvalue weighted by molar-refractivity contribution is -0.125. The summed E-state index contributed by atoms with van der Waals surface area (Å²) in [5.41, 5.74) is 2.25. The summed E-state index contributed by atoms with van der Waals surface area (Å²) < 4.78 is 27.8. The molecule has 152 valence electrons. The SMILES string of the molecule is N#Cc1ccc(-c2ccc(C[C@@H](C#N)NC(=O)[C@H]3N[C@H]4C[C@@H]3[C@@H](F)C4)cc2)cc1F. The lowest BCUT2D eigenvalue weighted by atomic mass is 9.96. The largest absolute Gasteiger partial charge is 0.339 e. The molecule has 2 bridgehead atoms. The number of nitriles is 2. The van der Waals surface area contributed by atoms with Crippen molar-refractivity contribution < 1.29 is 13.6 Å². The minimum atomic E-state index is -0.966. The third-order valence-corrected chi connectivity index (χ3v) is 5.95. The van der Waals surface area contributed by atoms with Crippen LogP contribution in [0.25, 0.3) is 11.1 Å². The second-order valence-electron chi connectivity index (χ2n) is 7.89. The molecule has 0 spiro atoms. The van der Waals surface area contributed by atoms with Crippen molar-refractivity contribution in [3.8, 4) is 23.3 Å². The maximum Gasteiger partial charge on any atom is 0.238 e. The van der Waals surface area contributed by atoms with Gasteiger partial charge >= 0.3 is 0 Å². The van der Waals surface area contributed by atoms with Gasteiger partial charge in [0.15, 0.2) is 0 Å². The maximum atomic E-state index is 13.9. The summed E-state index contributed by atoms with van der Waals surface area (Å²) in [6, 6.07) is 14.3. The topological polar surface area (TPSA) is 88.7 Å². The van der Waals surface area contributed by atoms with Crippen molar-refractivity contribution in [2.45, 2.75) is 43.6 Å². The van der Waals surface area contributed by atoms with Crippen LogP contribution in [-0.4, -0.2) is 30.2 Å². The highest BCUT2D eigenvalue weighted by Gasteiger charge is 2.49. The van der Waals surface area contributed by atoms with Gasteiger partial charge in [-0.3, -0.25) is 4.79 Å². The monoisotopic (exact) mass is 406 g/mol. The lowest BCUT2D eigenvalue weighted by Gasteiger charge is -2.26. The number of hydrogen-bond donors (Lipinski definition) is 2. The summed E-state index contributed by atoms with van der Waals surface area (Å²) in [5, 5.41) is 24.1. The highest BCUT2D eigenvalue weighted by Crippen LogP contribution is 2.37. The molecular formula is C23H20F2N4O. The number of carbonyl (C=O) groups excluding carboxylic acids is 1. The third kappa shape index (κ3) is 3.90. The molecular weight excluding hydrogens is 386 g/mol. The average Bonchev–Trinajstić information content (AvgIpc) is 3.33. The summed E-state index contributed by atoms with van der Waals surface area (Å²) in [5.74, 6) is -1.22. The summed E-state index contributed by atoms with van der Waals surface area (Å²) in [7, 11) is 0. The highest BCUT2D eigenvalue weighted by molar-refractivity contribution is 5.83. The molecule has 1 amide bonds. The van der Waals surface area contributed by atoms with Gasteiger partial charge in [-0.2, -0.15) is 10.5 Å². The Morgan fingerprint density at radius 1 is 1.17 bits per heavy atom. The van der Waals surface area contributed by atoms with Crippen LogP contribution in [-0.2, 0) is 11.2 Å². The Morgan fingerprint density at radius 2 is 1.90 bits per heavy atom. The number of rotatable bonds is 5. The Balaban J connectivity index is 1.39. The number of hydrogen-bond acceptors (Lipinski definition) is 4. The van der Waals surface area contributed by atoms with Gasteiger partial charge in [0, 0.05) is 18.4 Å². The van der Waals surface area contributed by atoms with E-state index >= 15 is 0 Å². The summed E-state index contributed by atoms with van der Waals surface area (Å²) in [6.45, 7) is 0.